The third-order valence-electron chi connectivity index (χ3n) is 3.65. The second-order valence-electron chi connectivity index (χ2n) is 7.04. The third-order valence-corrected chi connectivity index (χ3v) is 3.65. The van der Waals surface area contributed by atoms with Crippen LogP contribution in [0.5, 0.6) is 0 Å². The standard InChI is InChI=1S/C21H24N2O4/c1-21(2,3)27-20(26)16-10-7-9-15(12-16)19(25)23-17-11-6-5-8-14(17)13-18(24)22-4/h5-12H,13H2,1-4H3,(H,22,24)(H,23,25). The summed E-state index contributed by atoms with van der Waals surface area (Å²) in [5.41, 5.74) is 1.26. The predicted octanol–water partition coefficient (Wildman–Crippen LogP) is 3.18. The molecule has 0 radical (unpaired) electrons. The zero-order valence-corrected chi connectivity index (χ0v) is 16.0. The van der Waals surface area contributed by atoms with Crippen molar-refractivity contribution in [1.82, 2.24) is 5.32 Å². The van der Waals surface area contributed by atoms with Crippen LogP contribution in [0, 0.1) is 0 Å². The Morgan fingerprint density at radius 3 is 2.30 bits per heavy atom. The SMILES string of the molecule is CNC(=O)Cc1ccccc1NC(=O)c1cccc(C(=O)OC(C)(C)C)c1. The van der Waals surface area contributed by atoms with Gasteiger partial charge in [0, 0.05) is 18.3 Å². The molecule has 2 N–H and O–H groups in total. The molecule has 2 amide bonds. The number of anilines is 1. The molecule has 0 unspecified atom stereocenters. The van der Waals surface area contributed by atoms with Crippen molar-refractivity contribution in [3.8, 4) is 0 Å². The van der Waals surface area contributed by atoms with Crippen molar-refractivity contribution in [2.75, 3.05) is 12.4 Å². The molecule has 0 aromatic heterocycles. The first kappa shape index (κ1) is 20.2. The van der Waals surface area contributed by atoms with Crippen molar-refractivity contribution in [3.05, 3.63) is 65.2 Å². The monoisotopic (exact) mass is 368 g/mol. The topological polar surface area (TPSA) is 84.5 Å². The molecule has 0 saturated heterocycles. The zero-order chi connectivity index (χ0) is 20.0. The van der Waals surface area contributed by atoms with Crippen LogP contribution in [0.1, 0.15) is 47.1 Å². The molecule has 27 heavy (non-hydrogen) atoms. The Morgan fingerprint density at radius 1 is 0.963 bits per heavy atom. The fourth-order valence-corrected chi connectivity index (χ4v) is 2.38. The molecular weight excluding hydrogens is 344 g/mol. The number of carbonyl (C=O) groups is 3. The number of para-hydroxylation sites is 1. The van der Waals surface area contributed by atoms with Crippen LogP contribution < -0.4 is 10.6 Å². The van der Waals surface area contributed by atoms with E-state index in [1.54, 1.807) is 70.3 Å². The summed E-state index contributed by atoms with van der Waals surface area (Å²) >= 11 is 0. The molecule has 2 aromatic carbocycles. The molecule has 2 rings (SSSR count). The van der Waals surface area contributed by atoms with Crippen LogP contribution in [-0.2, 0) is 16.0 Å². The summed E-state index contributed by atoms with van der Waals surface area (Å²) in [5.74, 6) is -1.01. The van der Waals surface area contributed by atoms with Crippen LogP contribution in [0.2, 0.25) is 0 Å². The zero-order valence-electron chi connectivity index (χ0n) is 16.0. The van der Waals surface area contributed by atoms with E-state index in [0.717, 1.165) is 0 Å². The molecular formula is C21H24N2O4. The molecule has 2 aromatic rings. The second-order valence-corrected chi connectivity index (χ2v) is 7.04. The Hall–Kier alpha value is -3.15. The summed E-state index contributed by atoms with van der Waals surface area (Å²) in [5, 5.41) is 5.36. The average Bonchev–Trinajstić information content (AvgIpc) is 2.62. The van der Waals surface area contributed by atoms with Gasteiger partial charge in [0.2, 0.25) is 5.91 Å². The molecule has 0 aliphatic rings. The average molecular weight is 368 g/mol. The predicted molar refractivity (Wildman–Crippen MR) is 104 cm³/mol. The fraction of sp³-hybridized carbons (Fsp3) is 0.286. The van der Waals surface area contributed by atoms with Gasteiger partial charge in [-0.25, -0.2) is 4.79 Å². The maximum absolute atomic E-state index is 12.6. The highest BCUT2D eigenvalue weighted by Crippen LogP contribution is 2.18. The Bertz CT molecular complexity index is 853. The Labute approximate surface area is 158 Å². The quantitative estimate of drug-likeness (QED) is 0.794. The van der Waals surface area contributed by atoms with Gasteiger partial charge in [-0.3, -0.25) is 9.59 Å². The van der Waals surface area contributed by atoms with E-state index in [1.807, 2.05) is 0 Å². The Morgan fingerprint density at radius 2 is 1.63 bits per heavy atom. The lowest BCUT2D eigenvalue weighted by Gasteiger charge is -2.19. The summed E-state index contributed by atoms with van der Waals surface area (Å²) in [6, 6.07) is 13.4. The minimum atomic E-state index is -0.617. The van der Waals surface area contributed by atoms with Crippen molar-refractivity contribution in [2.24, 2.45) is 0 Å². The maximum atomic E-state index is 12.6. The number of benzene rings is 2. The lowest BCUT2D eigenvalue weighted by molar-refractivity contribution is -0.119. The fourth-order valence-electron chi connectivity index (χ4n) is 2.38. The van der Waals surface area contributed by atoms with E-state index in [4.69, 9.17) is 4.74 Å². The number of carbonyl (C=O) groups excluding carboxylic acids is 3. The maximum Gasteiger partial charge on any atom is 0.338 e. The Balaban J connectivity index is 2.19. The van der Waals surface area contributed by atoms with Gasteiger partial charge in [-0.2, -0.15) is 0 Å². The van der Waals surface area contributed by atoms with E-state index in [-0.39, 0.29) is 18.2 Å². The van der Waals surface area contributed by atoms with Gasteiger partial charge in [0.05, 0.1) is 12.0 Å². The van der Waals surface area contributed by atoms with Gasteiger partial charge in [0.1, 0.15) is 5.60 Å². The van der Waals surface area contributed by atoms with Crippen LogP contribution in [-0.4, -0.2) is 30.4 Å². The first-order valence-corrected chi connectivity index (χ1v) is 8.63. The van der Waals surface area contributed by atoms with Crippen LogP contribution in [0.15, 0.2) is 48.5 Å². The minimum Gasteiger partial charge on any atom is -0.456 e. The van der Waals surface area contributed by atoms with Gasteiger partial charge >= 0.3 is 5.97 Å². The second kappa shape index (κ2) is 8.49. The molecule has 0 fully saturated rings. The molecule has 0 aliphatic heterocycles. The molecule has 0 aliphatic carbocycles. The summed E-state index contributed by atoms with van der Waals surface area (Å²) < 4.78 is 5.34. The number of rotatable bonds is 5. The first-order chi connectivity index (χ1) is 12.7. The lowest BCUT2D eigenvalue weighted by atomic mass is 10.1. The summed E-state index contributed by atoms with van der Waals surface area (Å²) in [6.07, 6.45) is 0.158. The minimum absolute atomic E-state index is 0.149. The van der Waals surface area contributed by atoms with E-state index in [1.165, 1.54) is 6.07 Å². The number of esters is 1. The number of nitrogens with one attached hydrogen (secondary N) is 2. The largest absolute Gasteiger partial charge is 0.456 e. The highest BCUT2D eigenvalue weighted by molar-refractivity contribution is 6.06. The number of amides is 2. The summed E-state index contributed by atoms with van der Waals surface area (Å²) in [4.78, 5) is 36.5. The van der Waals surface area contributed by atoms with Crippen LogP contribution in [0.25, 0.3) is 0 Å². The Kier molecular flexibility index (Phi) is 6.34. The number of ether oxygens (including phenoxy) is 1. The van der Waals surface area contributed by atoms with Crippen molar-refractivity contribution >= 4 is 23.5 Å². The van der Waals surface area contributed by atoms with E-state index >= 15 is 0 Å². The number of hydrogen-bond acceptors (Lipinski definition) is 4. The number of likely N-dealkylation sites (N-methyl/N-ethyl adjacent to an activating group) is 1. The van der Waals surface area contributed by atoms with Gasteiger partial charge < -0.3 is 15.4 Å². The highest BCUT2D eigenvalue weighted by Gasteiger charge is 2.19. The summed E-state index contributed by atoms with van der Waals surface area (Å²) in [6.45, 7) is 5.35. The van der Waals surface area contributed by atoms with E-state index in [2.05, 4.69) is 10.6 Å². The van der Waals surface area contributed by atoms with Crippen LogP contribution in [0.3, 0.4) is 0 Å². The molecule has 0 bridgehead atoms. The van der Waals surface area contributed by atoms with Gasteiger partial charge in [0.15, 0.2) is 0 Å². The highest BCUT2D eigenvalue weighted by atomic mass is 16.6. The molecule has 0 atom stereocenters. The van der Waals surface area contributed by atoms with Crippen molar-refractivity contribution in [2.45, 2.75) is 32.8 Å². The molecule has 0 spiro atoms. The van der Waals surface area contributed by atoms with Gasteiger partial charge in [-0.1, -0.05) is 24.3 Å². The first-order valence-electron chi connectivity index (χ1n) is 8.63. The van der Waals surface area contributed by atoms with Crippen molar-refractivity contribution in [3.63, 3.8) is 0 Å². The van der Waals surface area contributed by atoms with Crippen molar-refractivity contribution < 1.29 is 19.1 Å². The molecule has 142 valence electrons. The van der Waals surface area contributed by atoms with Gasteiger partial charge in [-0.05, 0) is 50.6 Å². The third kappa shape index (κ3) is 5.95. The summed E-state index contributed by atoms with van der Waals surface area (Å²) in [7, 11) is 1.56. The van der Waals surface area contributed by atoms with Crippen LogP contribution in [0.4, 0.5) is 5.69 Å². The van der Waals surface area contributed by atoms with Gasteiger partial charge in [-0.15, -0.1) is 0 Å². The van der Waals surface area contributed by atoms with E-state index in [9.17, 15) is 14.4 Å². The number of hydrogen-bond donors (Lipinski definition) is 2. The smallest absolute Gasteiger partial charge is 0.338 e. The van der Waals surface area contributed by atoms with Gasteiger partial charge in [0.25, 0.3) is 5.91 Å². The van der Waals surface area contributed by atoms with E-state index < -0.39 is 11.6 Å². The lowest BCUT2D eigenvalue weighted by Crippen LogP contribution is -2.24. The van der Waals surface area contributed by atoms with Crippen molar-refractivity contribution in [1.29, 1.82) is 0 Å². The molecule has 6 heteroatoms. The van der Waals surface area contributed by atoms with Crippen LogP contribution >= 0.6 is 0 Å². The molecule has 6 nitrogen and oxygen atoms in total. The normalized spacial score (nSPS) is 10.8. The molecule has 0 saturated carbocycles. The van der Waals surface area contributed by atoms with E-state index in [0.29, 0.717) is 22.4 Å². The molecule has 0 heterocycles.